The molecule has 2 rings (SSSR count). The lowest BCUT2D eigenvalue weighted by Gasteiger charge is -2.06. The van der Waals surface area contributed by atoms with E-state index in [1.165, 1.54) is 4.88 Å². The van der Waals surface area contributed by atoms with Gasteiger partial charge in [-0.1, -0.05) is 18.1 Å². The molecule has 0 unspecified atom stereocenters. The van der Waals surface area contributed by atoms with Crippen LogP contribution < -0.4 is 0 Å². The zero-order chi connectivity index (χ0) is 11.4. The van der Waals surface area contributed by atoms with Crippen molar-refractivity contribution in [3.05, 3.63) is 34.1 Å². The highest BCUT2D eigenvalue weighted by Crippen LogP contribution is 2.33. The van der Waals surface area contributed by atoms with E-state index in [1.807, 2.05) is 18.7 Å². The molecule has 5 heteroatoms. The van der Waals surface area contributed by atoms with E-state index in [-0.39, 0.29) is 0 Å². The molecule has 0 aliphatic heterocycles. The summed E-state index contributed by atoms with van der Waals surface area (Å²) in [4.78, 5) is 5.68. The topological polar surface area (TPSA) is 38.9 Å². The Labute approximate surface area is 103 Å². The van der Waals surface area contributed by atoms with Crippen molar-refractivity contribution in [2.45, 2.75) is 31.3 Å². The Balaban J connectivity index is 1.87. The number of thioether (sulfide) groups is 1. The summed E-state index contributed by atoms with van der Waals surface area (Å²) in [5.41, 5.74) is 0. The summed E-state index contributed by atoms with van der Waals surface area (Å²) in [5.74, 6) is 2.30. The highest BCUT2D eigenvalue weighted by atomic mass is 32.2. The number of thiophene rings is 1. The fourth-order valence-electron chi connectivity index (χ4n) is 1.29. The van der Waals surface area contributed by atoms with Gasteiger partial charge >= 0.3 is 0 Å². The van der Waals surface area contributed by atoms with E-state index in [9.17, 15) is 0 Å². The number of aryl methyl sites for hydroxylation is 1. The van der Waals surface area contributed by atoms with Crippen LogP contribution in [-0.2, 0) is 12.2 Å². The van der Waals surface area contributed by atoms with Gasteiger partial charge in [0.25, 0.3) is 0 Å². The van der Waals surface area contributed by atoms with Crippen LogP contribution in [0.3, 0.4) is 0 Å². The van der Waals surface area contributed by atoms with Gasteiger partial charge in [-0.05, 0) is 18.4 Å². The SMILES string of the molecule is CCc1noc(CS[C@H](C)c2cccs2)n1. The molecule has 3 nitrogen and oxygen atoms in total. The predicted molar refractivity (Wildman–Crippen MR) is 67.7 cm³/mol. The molecule has 1 atom stereocenters. The van der Waals surface area contributed by atoms with E-state index in [0.29, 0.717) is 5.25 Å². The van der Waals surface area contributed by atoms with Gasteiger partial charge in [0, 0.05) is 16.5 Å². The zero-order valence-electron chi connectivity index (χ0n) is 9.34. The van der Waals surface area contributed by atoms with Crippen molar-refractivity contribution in [2.75, 3.05) is 0 Å². The van der Waals surface area contributed by atoms with E-state index in [2.05, 4.69) is 34.6 Å². The van der Waals surface area contributed by atoms with Crippen LogP contribution in [0.5, 0.6) is 0 Å². The largest absolute Gasteiger partial charge is 0.338 e. The average Bonchev–Trinajstić information content (AvgIpc) is 2.96. The van der Waals surface area contributed by atoms with Crippen molar-refractivity contribution in [1.29, 1.82) is 0 Å². The highest BCUT2D eigenvalue weighted by molar-refractivity contribution is 7.98. The van der Waals surface area contributed by atoms with Crippen molar-refractivity contribution in [3.63, 3.8) is 0 Å². The molecule has 2 aromatic rings. The molecule has 0 amide bonds. The third-order valence-corrected chi connectivity index (χ3v) is 4.60. The summed E-state index contributed by atoms with van der Waals surface area (Å²) >= 11 is 3.61. The van der Waals surface area contributed by atoms with E-state index in [0.717, 1.165) is 23.9 Å². The fraction of sp³-hybridized carbons (Fsp3) is 0.455. The first-order valence-corrected chi connectivity index (χ1v) is 7.19. The highest BCUT2D eigenvalue weighted by Gasteiger charge is 2.10. The number of nitrogens with zero attached hydrogens (tertiary/aromatic N) is 2. The van der Waals surface area contributed by atoms with Gasteiger partial charge in [-0.3, -0.25) is 0 Å². The average molecular weight is 254 g/mol. The molecule has 0 fully saturated rings. The smallest absolute Gasteiger partial charge is 0.236 e. The van der Waals surface area contributed by atoms with Gasteiger partial charge in [0.1, 0.15) is 0 Å². The Hall–Kier alpha value is -0.810. The maximum atomic E-state index is 5.14. The lowest BCUT2D eigenvalue weighted by Crippen LogP contribution is -1.87. The fourth-order valence-corrected chi connectivity index (χ4v) is 3.08. The van der Waals surface area contributed by atoms with E-state index >= 15 is 0 Å². The Kier molecular flexibility index (Phi) is 4.01. The van der Waals surface area contributed by atoms with Crippen LogP contribution in [0.4, 0.5) is 0 Å². The van der Waals surface area contributed by atoms with E-state index in [4.69, 9.17) is 4.52 Å². The standard InChI is InChI=1S/C11H14N2OS2/c1-3-10-12-11(14-13-10)7-16-8(2)9-5-4-6-15-9/h4-6,8H,3,7H2,1-2H3/t8-/m1/s1. The quantitative estimate of drug-likeness (QED) is 0.815. The molecule has 2 heterocycles. The number of hydrogen-bond acceptors (Lipinski definition) is 5. The summed E-state index contributed by atoms with van der Waals surface area (Å²) < 4.78 is 5.14. The molecular weight excluding hydrogens is 240 g/mol. The van der Waals surface area contributed by atoms with Crippen LogP contribution in [-0.4, -0.2) is 10.1 Å². The number of aromatic nitrogens is 2. The first-order valence-electron chi connectivity index (χ1n) is 5.26. The molecule has 0 spiro atoms. The van der Waals surface area contributed by atoms with Crippen LogP contribution >= 0.6 is 23.1 Å². The molecule has 0 bridgehead atoms. The molecular formula is C11H14N2OS2. The molecule has 0 saturated heterocycles. The van der Waals surface area contributed by atoms with Crippen LogP contribution in [0.2, 0.25) is 0 Å². The summed E-state index contributed by atoms with van der Waals surface area (Å²) in [6, 6.07) is 4.24. The molecule has 2 aromatic heterocycles. The molecule has 86 valence electrons. The van der Waals surface area contributed by atoms with Gasteiger partial charge in [-0.25, -0.2) is 0 Å². The second kappa shape index (κ2) is 5.50. The Morgan fingerprint density at radius 1 is 1.56 bits per heavy atom. The molecule has 0 aliphatic rings. The molecule has 0 aliphatic carbocycles. The maximum absolute atomic E-state index is 5.14. The first-order chi connectivity index (χ1) is 7.79. The summed E-state index contributed by atoms with van der Waals surface area (Å²) in [6.07, 6.45) is 0.828. The van der Waals surface area contributed by atoms with Crippen molar-refractivity contribution in [1.82, 2.24) is 10.1 Å². The minimum atomic E-state index is 0.483. The van der Waals surface area contributed by atoms with Gasteiger partial charge in [0.2, 0.25) is 5.89 Å². The third-order valence-electron chi connectivity index (χ3n) is 2.23. The van der Waals surface area contributed by atoms with Crippen LogP contribution in [0.1, 0.15) is 35.7 Å². The number of rotatable bonds is 5. The lowest BCUT2D eigenvalue weighted by atomic mass is 10.4. The minimum absolute atomic E-state index is 0.483. The van der Waals surface area contributed by atoms with Gasteiger partial charge in [-0.15, -0.1) is 23.1 Å². The van der Waals surface area contributed by atoms with E-state index in [1.54, 1.807) is 11.3 Å². The molecule has 0 aromatic carbocycles. The third kappa shape index (κ3) is 2.86. The summed E-state index contributed by atoms with van der Waals surface area (Å²) in [6.45, 7) is 4.23. The van der Waals surface area contributed by atoms with E-state index < -0.39 is 0 Å². The second-order valence-corrected chi connectivity index (χ2v) is 5.73. The zero-order valence-corrected chi connectivity index (χ0v) is 11.0. The predicted octanol–water partition coefficient (Wildman–Crippen LogP) is 3.69. The first kappa shape index (κ1) is 11.7. The van der Waals surface area contributed by atoms with Gasteiger partial charge < -0.3 is 4.52 Å². The normalized spacial score (nSPS) is 12.9. The van der Waals surface area contributed by atoms with Crippen LogP contribution in [0, 0.1) is 0 Å². The van der Waals surface area contributed by atoms with Crippen molar-refractivity contribution < 1.29 is 4.52 Å². The van der Waals surface area contributed by atoms with Crippen molar-refractivity contribution >= 4 is 23.1 Å². The van der Waals surface area contributed by atoms with Crippen LogP contribution in [0.25, 0.3) is 0 Å². The second-order valence-electron chi connectivity index (χ2n) is 3.43. The number of hydrogen-bond donors (Lipinski definition) is 0. The summed E-state index contributed by atoms with van der Waals surface area (Å²) in [7, 11) is 0. The van der Waals surface area contributed by atoms with Gasteiger partial charge in [-0.2, -0.15) is 4.98 Å². The van der Waals surface area contributed by atoms with Crippen LogP contribution in [0.15, 0.2) is 22.0 Å². The van der Waals surface area contributed by atoms with Crippen molar-refractivity contribution in [2.24, 2.45) is 0 Å². The Morgan fingerprint density at radius 3 is 3.06 bits per heavy atom. The molecule has 0 radical (unpaired) electrons. The van der Waals surface area contributed by atoms with Crippen molar-refractivity contribution in [3.8, 4) is 0 Å². The van der Waals surface area contributed by atoms with Gasteiger partial charge in [0.15, 0.2) is 5.82 Å². The maximum Gasteiger partial charge on any atom is 0.236 e. The van der Waals surface area contributed by atoms with Gasteiger partial charge in [0.05, 0.1) is 5.75 Å². The molecule has 0 N–H and O–H groups in total. The Morgan fingerprint density at radius 2 is 2.44 bits per heavy atom. The lowest BCUT2D eigenvalue weighted by molar-refractivity contribution is 0.385. The summed E-state index contributed by atoms with van der Waals surface area (Å²) in [5, 5.41) is 6.47. The minimum Gasteiger partial charge on any atom is -0.338 e. The molecule has 0 saturated carbocycles. The Bertz CT molecular complexity index is 425. The monoisotopic (exact) mass is 254 g/mol. The molecule has 16 heavy (non-hydrogen) atoms.